The van der Waals surface area contributed by atoms with Gasteiger partial charge < -0.3 is 10.6 Å². The van der Waals surface area contributed by atoms with Crippen molar-refractivity contribution in [2.45, 2.75) is 44.7 Å². The Morgan fingerprint density at radius 1 is 1.50 bits per heavy atom. The van der Waals surface area contributed by atoms with E-state index >= 15 is 0 Å². The topological polar surface area (TPSA) is 46.3 Å². The van der Waals surface area contributed by atoms with Crippen molar-refractivity contribution in [2.24, 2.45) is 5.73 Å². The maximum Gasteiger partial charge on any atom is 0.223 e. The van der Waals surface area contributed by atoms with E-state index in [1.807, 2.05) is 6.92 Å². The average molecular weight is 299 g/mol. The average Bonchev–Trinajstić information content (AvgIpc) is 2.54. The van der Waals surface area contributed by atoms with Crippen LogP contribution in [-0.4, -0.2) is 23.4 Å². The first-order chi connectivity index (χ1) is 9.54. The lowest BCUT2D eigenvalue weighted by Gasteiger charge is -2.34. The van der Waals surface area contributed by atoms with Gasteiger partial charge in [0.05, 0.1) is 6.04 Å². The van der Waals surface area contributed by atoms with Crippen LogP contribution in [-0.2, 0) is 4.79 Å². The highest BCUT2D eigenvalue weighted by atomic mass is 35.5. The maximum absolute atomic E-state index is 14.1. The molecule has 5 heteroatoms. The van der Waals surface area contributed by atoms with Gasteiger partial charge in [-0.1, -0.05) is 18.5 Å². The molecule has 1 amide bonds. The van der Waals surface area contributed by atoms with E-state index in [4.69, 9.17) is 17.3 Å². The lowest BCUT2D eigenvalue weighted by Crippen LogP contribution is -2.43. The van der Waals surface area contributed by atoms with Crippen molar-refractivity contribution >= 4 is 17.5 Å². The number of halogens is 2. The predicted molar refractivity (Wildman–Crippen MR) is 78.0 cm³/mol. The molecule has 1 aromatic carbocycles. The molecule has 2 rings (SSSR count). The molecule has 0 radical (unpaired) electrons. The summed E-state index contributed by atoms with van der Waals surface area (Å²) in [7, 11) is 0. The molecule has 2 unspecified atom stereocenters. The molecule has 110 valence electrons. The Hall–Kier alpha value is -1.13. The van der Waals surface area contributed by atoms with Crippen LogP contribution in [0.3, 0.4) is 0 Å². The quantitative estimate of drug-likeness (QED) is 0.931. The van der Waals surface area contributed by atoms with E-state index < -0.39 is 6.04 Å². The Morgan fingerprint density at radius 2 is 2.25 bits per heavy atom. The second kappa shape index (κ2) is 6.55. The van der Waals surface area contributed by atoms with Crippen molar-refractivity contribution in [1.29, 1.82) is 0 Å². The zero-order chi connectivity index (χ0) is 14.7. The van der Waals surface area contributed by atoms with Gasteiger partial charge in [-0.05, 0) is 37.5 Å². The van der Waals surface area contributed by atoms with E-state index in [2.05, 4.69) is 0 Å². The lowest BCUT2D eigenvalue weighted by atomic mass is 9.95. The van der Waals surface area contributed by atoms with E-state index in [1.165, 1.54) is 12.1 Å². The van der Waals surface area contributed by atoms with Crippen LogP contribution in [0.2, 0.25) is 5.02 Å². The molecule has 1 aliphatic heterocycles. The van der Waals surface area contributed by atoms with Gasteiger partial charge in [0, 0.05) is 29.6 Å². The molecule has 2 N–H and O–H groups in total. The van der Waals surface area contributed by atoms with Gasteiger partial charge in [0.25, 0.3) is 0 Å². The molecule has 1 saturated heterocycles. The summed E-state index contributed by atoms with van der Waals surface area (Å²) in [5, 5.41) is 0.460. The molecule has 3 nitrogen and oxygen atoms in total. The van der Waals surface area contributed by atoms with Crippen LogP contribution >= 0.6 is 11.6 Å². The van der Waals surface area contributed by atoms with E-state index in [-0.39, 0.29) is 17.8 Å². The summed E-state index contributed by atoms with van der Waals surface area (Å²) < 4.78 is 14.1. The van der Waals surface area contributed by atoms with E-state index in [1.54, 1.807) is 11.0 Å². The number of nitrogens with zero attached hydrogens (tertiary/aromatic N) is 1. The summed E-state index contributed by atoms with van der Waals surface area (Å²) in [5.74, 6) is -0.310. The Balaban J connectivity index is 2.45. The van der Waals surface area contributed by atoms with Gasteiger partial charge in [0.15, 0.2) is 0 Å². The highest BCUT2D eigenvalue weighted by Crippen LogP contribution is 2.33. The third-order valence-corrected chi connectivity index (χ3v) is 3.97. The van der Waals surface area contributed by atoms with Crippen LogP contribution in [0.15, 0.2) is 18.2 Å². The minimum absolute atomic E-state index is 0.0455. The minimum Gasteiger partial charge on any atom is -0.334 e. The van der Waals surface area contributed by atoms with Crippen LogP contribution in [0.1, 0.15) is 44.2 Å². The molecule has 20 heavy (non-hydrogen) atoms. The van der Waals surface area contributed by atoms with E-state index in [0.717, 1.165) is 12.8 Å². The molecular formula is C15H20ClFN2O. The Labute approximate surface area is 123 Å². The largest absolute Gasteiger partial charge is 0.334 e. The maximum atomic E-state index is 14.1. The summed E-state index contributed by atoms with van der Waals surface area (Å²) in [6, 6.07) is 3.74. The molecule has 0 bridgehead atoms. The van der Waals surface area contributed by atoms with Crippen molar-refractivity contribution in [3.05, 3.63) is 34.6 Å². The normalized spacial score (nSPS) is 23.8. The highest BCUT2D eigenvalue weighted by Gasteiger charge is 2.33. The van der Waals surface area contributed by atoms with Crippen molar-refractivity contribution in [3.8, 4) is 0 Å². The lowest BCUT2D eigenvalue weighted by molar-refractivity contribution is -0.133. The van der Waals surface area contributed by atoms with Crippen LogP contribution in [0.25, 0.3) is 0 Å². The van der Waals surface area contributed by atoms with Gasteiger partial charge in [-0.2, -0.15) is 0 Å². The number of hydrogen-bond acceptors (Lipinski definition) is 2. The second-order valence-electron chi connectivity index (χ2n) is 5.25. The van der Waals surface area contributed by atoms with Crippen molar-refractivity contribution in [3.63, 3.8) is 0 Å². The standard InChI is InChI=1S/C15H20ClFN2O/c1-2-8-19-14(20)5-3-4-13(18)15(19)11-9-10(16)6-7-12(11)17/h6-7,9,13,15H,2-5,8,18H2,1H3. The third-order valence-electron chi connectivity index (χ3n) is 3.73. The number of carbonyl (C=O) groups is 1. The fourth-order valence-electron chi connectivity index (χ4n) is 2.82. The number of benzene rings is 1. The van der Waals surface area contributed by atoms with E-state index in [9.17, 15) is 9.18 Å². The minimum atomic E-state index is -0.427. The molecular weight excluding hydrogens is 279 g/mol. The van der Waals surface area contributed by atoms with Gasteiger partial charge in [-0.3, -0.25) is 4.79 Å². The molecule has 0 aromatic heterocycles. The molecule has 1 aromatic rings. The van der Waals surface area contributed by atoms with Gasteiger partial charge in [0.2, 0.25) is 5.91 Å². The van der Waals surface area contributed by atoms with Gasteiger partial charge in [-0.15, -0.1) is 0 Å². The van der Waals surface area contributed by atoms with Crippen LogP contribution in [0, 0.1) is 5.82 Å². The number of nitrogens with two attached hydrogens (primary N) is 1. The summed E-state index contributed by atoms with van der Waals surface area (Å²) >= 11 is 5.97. The summed E-state index contributed by atoms with van der Waals surface area (Å²) in [5.41, 5.74) is 6.63. The highest BCUT2D eigenvalue weighted by molar-refractivity contribution is 6.30. The van der Waals surface area contributed by atoms with E-state index in [0.29, 0.717) is 30.0 Å². The van der Waals surface area contributed by atoms with Gasteiger partial charge in [0.1, 0.15) is 5.82 Å². The van der Waals surface area contributed by atoms with Crippen molar-refractivity contribution in [2.75, 3.05) is 6.54 Å². The first-order valence-corrected chi connectivity index (χ1v) is 7.42. The first kappa shape index (κ1) is 15.3. The van der Waals surface area contributed by atoms with Gasteiger partial charge in [-0.25, -0.2) is 4.39 Å². The summed E-state index contributed by atoms with van der Waals surface area (Å²) in [4.78, 5) is 14.0. The van der Waals surface area contributed by atoms with Crippen molar-refractivity contribution < 1.29 is 9.18 Å². The zero-order valence-electron chi connectivity index (χ0n) is 11.6. The number of amides is 1. The number of carbonyl (C=O) groups excluding carboxylic acids is 1. The molecule has 0 spiro atoms. The molecule has 0 aliphatic carbocycles. The molecule has 2 atom stereocenters. The SMILES string of the molecule is CCCN1C(=O)CCCC(N)C1c1cc(Cl)ccc1F. The molecule has 1 heterocycles. The molecule has 1 aliphatic rings. The zero-order valence-corrected chi connectivity index (χ0v) is 12.4. The summed E-state index contributed by atoms with van der Waals surface area (Å²) in [6.45, 7) is 2.58. The fraction of sp³-hybridized carbons (Fsp3) is 0.533. The van der Waals surface area contributed by atoms with Crippen LogP contribution < -0.4 is 5.73 Å². The smallest absolute Gasteiger partial charge is 0.223 e. The predicted octanol–water partition coefficient (Wildman–Crippen LogP) is 3.27. The number of rotatable bonds is 3. The number of hydrogen-bond donors (Lipinski definition) is 1. The monoisotopic (exact) mass is 298 g/mol. The van der Waals surface area contributed by atoms with Gasteiger partial charge >= 0.3 is 0 Å². The second-order valence-corrected chi connectivity index (χ2v) is 5.69. The Bertz CT molecular complexity index is 495. The van der Waals surface area contributed by atoms with Crippen LogP contribution in [0.5, 0.6) is 0 Å². The molecule has 1 fully saturated rings. The Kier molecular flexibility index (Phi) is 5.00. The molecule has 0 saturated carbocycles. The fourth-order valence-corrected chi connectivity index (χ4v) is 3.00. The third kappa shape index (κ3) is 3.13. The Morgan fingerprint density at radius 3 is 2.95 bits per heavy atom. The number of likely N-dealkylation sites (tertiary alicyclic amines) is 1. The summed E-state index contributed by atoms with van der Waals surface area (Å²) in [6.07, 6.45) is 2.75. The van der Waals surface area contributed by atoms with Crippen LogP contribution in [0.4, 0.5) is 4.39 Å². The first-order valence-electron chi connectivity index (χ1n) is 7.04. The van der Waals surface area contributed by atoms with Crippen molar-refractivity contribution in [1.82, 2.24) is 4.90 Å².